The molecule has 0 aliphatic carbocycles. The summed E-state index contributed by atoms with van der Waals surface area (Å²) in [5.41, 5.74) is -0.0736. The lowest BCUT2D eigenvalue weighted by Crippen LogP contribution is -2.22. The summed E-state index contributed by atoms with van der Waals surface area (Å²) in [5.74, 6) is 0.169. The van der Waals surface area contributed by atoms with E-state index in [4.69, 9.17) is 12.2 Å². The van der Waals surface area contributed by atoms with E-state index in [1.807, 2.05) is 31.5 Å². The third kappa shape index (κ3) is 1.67. The minimum Gasteiger partial charge on any atom is -0.505 e. The number of rotatable bonds is 0. The summed E-state index contributed by atoms with van der Waals surface area (Å²) in [6.07, 6.45) is 1.88. The van der Waals surface area contributed by atoms with Crippen LogP contribution in [0, 0.1) is 4.64 Å². The molecule has 1 rings (SSSR count). The second-order valence-corrected chi connectivity index (χ2v) is 4.13. The Hall–Kier alpha value is -0.830. The van der Waals surface area contributed by atoms with Gasteiger partial charge in [-0.3, -0.25) is 0 Å². The number of pyridine rings is 1. The van der Waals surface area contributed by atoms with Crippen molar-refractivity contribution < 1.29 is 5.11 Å². The van der Waals surface area contributed by atoms with Gasteiger partial charge >= 0.3 is 0 Å². The van der Waals surface area contributed by atoms with Crippen LogP contribution in [-0.2, 0) is 5.54 Å². The minimum absolute atomic E-state index is 0.0736. The van der Waals surface area contributed by atoms with E-state index in [9.17, 15) is 5.11 Å². The second kappa shape index (κ2) is 2.90. The summed E-state index contributed by atoms with van der Waals surface area (Å²) in [5, 5.41) is 9.34. The van der Waals surface area contributed by atoms with Gasteiger partial charge in [-0.15, -0.1) is 0 Å². The molecule has 66 valence electrons. The highest BCUT2D eigenvalue weighted by molar-refractivity contribution is 7.71. The second-order valence-electron chi connectivity index (χ2n) is 3.74. The average molecular weight is 183 g/mol. The van der Waals surface area contributed by atoms with Crippen molar-refractivity contribution in [3.05, 3.63) is 23.0 Å². The first-order valence-corrected chi connectivity index (χ1v) is 4.25. The molecule has 1 aromatic heterocycles. The van der Waals surface area contributed by atoms with Crippen molar-refractivity contribution in [1.82, 2.24) is 4.57 Å². The molecule has 3 heteroatoms. The molecule has 12 heavy (non-hydrogen) atoms. The normalized spacial score (nSPS) is 11.6. The Morgan fingerprint density at radius 2 is 2.00 bits per heavy atom. The molecular formula is C9H13NOS. The predicted octanol–water partition coefficient (Wildman–Crippen LogP) is 2.68. The molecule has 0 atom stereocenters. The summed E-state index contributed by atoms with van der Waals surface area (Å²) >= 11 is 5.05. The van der Waals surface area contributed by atoms with E-state index < -0.39 is 0 Å². The van der Waals surface area contributed by atoms with E-state index in [0.29, 0.717) is 4.64 Å². The van der Waals surface area contributed by atoms with Crippen molar-refractivity contribution in [2.24, 2.45) is 0 Å². The Balaban J connectivity index is 3.37. The van der Waals surface area contributed by atoms with E-state index in [1.165, 1.54) is 0 Å². The van der Waals surface area contributed by atoms with Gasteiger partial charge in [0.25, 0.3) is 0 Å². The molecule has 0 bridgehead atoms. The average Bonchev–Trinajstić information content (AvgIpc) is 1.92. The Bertz CT molecular complexity index is 335. The summed E-state index contributed by atoms with van der Waals surface area (Å²) in [7, 11) is 0. The van der Waals surface area contributed by atoms with Crippen molar-refractivity contribution in [1.29, 1.82) is 0 Å². The van der Waals surface area contributed by atoms with E-state index >= 15 is 0 Å². The summed E-state index contributed by atoms with van der Waals surface area (Å²) < 4.78 is 2.36. The lowest BCUT2D eigenvalue weighted by atomic mass is 10.1. The van der Waals surface area contributed by atoms with Crippen LogP contribution in [0.15, 0.2) is 18.3 Å². The van der Waals surface area contributed by atoms with Gasteiger partial charge in [-0.25, -0.2) is 0 Å². The maximum atomic E-state index is 9.34. The molecule has 0 saturated heterocycles. The Kier molecular flexibility index (Phi) is 2.24. The molecule has 0 amide bonds. The molecule has 0 saturated carbocycles. The molecule has 0 spiro atoms. The van der Waals surface area contributed by atoms with Gasteiger partial charge in [-0.2, -0.15) is 0 Å². The van der Waals surface area contributed by atoms with Gasteiger partial charge in [0.15, 0.2) is 0 Å². The molecule has 0 aliphatic heterocycles. The zero-order chi connectivity index (χ0) is 9.35. The highest BCUT2D eigenvalue weighted by Crippen LogP contribution is 2.19. The first-order chi connectivity index (χ1) is 5.43. The third-order valence-electron chi connectivity index (χ3n) is 1.65. The first kappa shape index (κ1) is 9.26. The number of nitrogens with zero attached hydrogens (tertiary/aromatic N) is 1. The fraction of sp³-hybridized carbons (Fsp3) is 0.444. The Labute approximate surface area is 77.5 Å². The highest BCUT2D eigenvalue weighted by atomic mass is 32.1. The largest absolute Gasteiger partial charge is 0.505 e. The van der Waals surface area contributed by atoms with Crippen LogP contribution in [0.1, 0.15) is 20.8 Å². The van der Waals surface area contributed by atoms with Gasteiger partial charge in [0.05, 0.1) is 0 Å². The van der Waals surface area contributed by atoms with Crippen molar-refractivity contribution in [2.75, 3.05) is 0 Å². The molecule has 1 aromatic rings. The fourth-order valence-corrected chi connectivity index (χ4v) is 1.41. The number of aromatic nitrogens is 1. The van der Waals surface area contributed by atoms with Crippen molar-refractivity contribution in [3.63, 3.8) is 0 Å². The molecule has 0 unspecified atom stereocenters. The smallest absolute Gasteiger partial charge is 0.150 e. The molecular weight excluding hydrogens is 170 g/mol. The van der Waals surface area contributed by atoms with Crippen molar-refractivity contribution in [2.45, 2.75) is 26.3 Å². The molecule has 0 aliphatic rings. The molecule has 0 radical (unpaired) electrons. The molecule has 1 heterocycles. The van der Waals surface area contributed by atoms with Gasteiger partial charge < -0.3 is 9.67 Å². The Morgan fingerprint density at radius 1 is 1.42 bits per heavy atom. The van der Waals surface area contributed by atoms with E-state index in [0.717, 1.165) is 0 Å². The van der Waals surface area contributed by atoms with Gasteiger partial charge in [0.2, 0.25) is 0 Å². The zero-order valence-corrected chi connectivity index (χ0v) is 8.35. The monoisotopic (exact) mass is 183 g/mol. The highest BCUT2D eigenvalue weighted by Gasteiger charge is 2.12. The maximum absolute atomic E-state index is 9.34. The van der Waals surface area contributed by atoms with Crippen LogP contribution < -0.4 is 0 Å². The quantitative estimate of drug-likeness (QED) is 0.625. The lowest BCUT2D eigenvalue weighted by Gasteiger charge is -2.23. The van der Waals surface area contributed by atoms with Crippen LogP contribution in [0.4, 0.5) is 0 Å². The summed E-state index contributed by atoms with van der Waals surface area (Å²) in [6, 6.07) is 3.39. The third-order valence-corrected chi connectivity index (χ3v) is 2.06. The van der Waals surface area contributed by atoms with E-state index in [-0.39, 0.29) is 11.3 Å². The first-order valence-electron chi connectivity index (χ1n) is 3.84. The van der Waals surface area contributed by atoms with Gasteiger partial charge in [0, 0.05) is 11.7 Å². The van der Waals surface area contributed by atoms with Crippen molar-refractivity contribution in [3.8, 4) is 5.75 Å². The molecule has 0 fully saturated rings. The topological polar surface area (TPSA) is 25.2 Å². The lowest BCUT2D eigenvalue weighted by molar-refractivity contribution is 0.375. The SMILES string of the molecule is CC(C)(C)n1cccc(O)c1=S. The number of aromatic hydroxyl groups is 1. The molecule has 0 aromatic carbocycles. The minimum atomic E-state index is -0.0736. The Morgan fingerprint density at radius 3 is 2.42 bits per heavy atom. The van der Waals surface area contributed by atoms with E-state index in [2.05, 4.69) is 0 Å². The van der Waals surface area contributed by atoms with Crippen LogP contribution >= 0.6 is 12.2 Å². The molecule has 1 N–H and O–H groups in total. The summed E-state index contributed by atoms with van der Waals surface area (Å²) in [4.78, 5) is 0. The van der Waals surface area contributed by atoms with Crippen LogP contribution in [0.5, 0.6) is 5.75 Å². The van der Waals surface area contributed by atoms with Crippen LogP contribution in [0.25, 0.3) is 0 Å². The van der Waals surface area contributed by atoms with E-state index in [1.54, 1.807) is 12.1 Å². The van der Waals surface area contributed by atoms with Gasteiger partial charge in [-0.1, -0.05) is 12.2 Å². The summed E-state index contributed by atoms with van der Waals surface area (Å²) in [6.45, 7) is 6.13. The van der Waals surface area contributed by atoms with Gasteiger partial charge in [-0.05, 0) is 32.9 Å². The standard InChI is InChI=1S/C9H13NOS/c1-9(2,3)10-6-4-5-7(11)8(10)12/h4-6,11H,1-3H3. The maximum Gasteiger partial charge on any atom is 0.150 e. The van der Waals surface area contributed by atoms with Crippen molar-refractivity contribution >= 4 is 12.2 Å². The van der Waals surface area contributed by atoms with Crippen LogP contribution in [0.2, 0.25) is 0 Å². The van der Waals surface area contributed by atoms with Crippen LogP contribution in [-0.4, -0.2) is 9.67 Å². The van der Waals surface area contributed by atoms with Crippen LogP contribution in [0.3, 0.4) is 0 Å². The van der Waals surface area contributed by atoms with Gasteiger partial charge in [0.1, 0.15) is 10.4 Å². The number of hydrogen-bond donors (Lipinski definition) is 1. The molecule has 2 nitrogen and oxygen atoms in total. The zero-order valence-electron chi connectivity index (χ0n) is 7.53. The number of hydrogen-bond acceptors (Lipinski definition) is 2. The fourth-order valence-electron chi connectivity index (χ4n) is 1.01. The predicted molar refractivity (Wildman–Crippen MR) is 51.9 cm³/mol.